The molecule has 1 saturated heterocycles. The highest BCUT2D eigenvalue weighted by atomic mass is 16.7. The molecule has 2 aliphatic heterocycles. The number of unbranched alkanes of at least 4 members (excludes halogenated alkanes) is 2. The molecule has 1 amide bonds. The third kappa shape index (κ3) is 4.14. The van der Waals surface area contributed by atoms with E-state index >= 15 is 0 Å². The molecule has 1 aromatic carbocycles. The first kappa shape index (κ1) is 22.0. The van der Waals surface area contributed by atoms with E-state index in [0.717, 1.165) is 36.3 Å². The number of amides is 1. The lowest BCUT2D eigenvalue weighted by Crippen LogP contribution is -2.54. The molecule has 0 saturated carbocycles. The van der Waals surface area contributed by atoms with Crippen molar-refractivity contribution in [3.63, 3.8) is 0 Å². The summed E-state index contributed by atoms with van der Waals surface area (Å²) in [4.78, 5) is 12.3. The van der Waals surface area contributed by atoms with Crippen molar-refractivity contribution in [1.29, 1.82) is 0 Å². The summed E-state index contributed by atoms with van der Waals surface area (Å²) in [7, 11) is 0. The molecule has 4 rings (SSSR count). The van der Waals surface area contributed by atoms with Crippen LogP contribution in [0.4, 0.5) is 4.79 Å². The van der Waals surface area contributed by atoms with Gasteiger partial charge in [0.25, 0.3) is 0 Å². The molecule has 1 fully saturated rings. The van der Waals surface area contributed by atoms with Gasteiger partial charge >= 0.3 is 6.09 Å². The molecule has 0 unspecified atom stereocenters. The minimum atomic E-state index is -0.328. The number of benzene rings is 1. The van der Waals surface area contributed by atoms with Gasteiger partial charge < -0.3 is 24.3 Å². The van der Waals surface area contributed by atoms with Gasteiger partial charge in [-0.1, -0.05) is 51.3 Å². The quantitative estimate of drug-likeness (QED) is 0.474. The second-order valence-electron chi connectivity index (χ2n) is 9.30. The van der Waals surface area contributed by atoms with Crippen LogP contribution in [0.3, 0.4) is 0 Å². The average Bonchev–Trinajstić information content (AvgIpc) is 3.22. The van der Waals surface area contributed by atoms with Crippen LogP contribution in [-0.4, -0.2) is 32.6 Å². The van der Waals surface area contributed by atoms with Gasteiger partial charge in [-0.2, -0.15) is 0 Å². The molecule has 2 bridgehead atoms. The monoisotopic (exact) mass is 429 g/mol. The molecule has 170 valence electrons. The van der Waals surface area contributed by atoms with Gasteiger partial charge in [0.2, 0.25) is 6.79 Å². The maximum atomic E-state index is 12.3. The summed E-state index contributed by atoms with van der Waals surface area (Å²) >= 11 is 0. The van der Waals surface area contributed by atoms with E-state index in [1.54, 1.807) is 0 Å². The summed E-state index contributed by atoms with van der Waals surface area (Å²) in [5.74, 6) is 2.36. The first-order valence-electron chi connectivity index (χ1n) is 11.6. The third-order valence-corrected chi connectivity index (χ3v) is 7.50. The Morgan fingerprint density at radius 3 is 2.84 bits per heavy atom. The van der Waals surface area contributed by atoms with Crippen molar-refractivity contribution < 1.29 is 23.7 Å². The lowest BCUT2D eigenvalue weighted by Gasteiger charge is -2.55. The largest absolute Gasteiger partial charge is 0.454 e. The molecular weight excluding hydrogens is 394 g/mol. The number of alkyl carbamates (subject to hydrolysis) is 1. The molecule has 1 N–H and O–H groups in total. The van der Waals surface area contributed by atoms with Crippen LogP contribution in [0.15, 0.2) is 29.8 Å². The van der Waals surface area contributed by atoms with Gasteiger partial charge in [-0.15, -0.1) is 0 Å². The Labute approximate surface area is 185 Å². The SMILES string of the molecule is CCCCCNC(=O)OC[C@]12CO[C@@H](c3ccc4c(c3)OCO4)[C@H](C(C)=C[C@@H]1C)[C@H]2C. The van der Waals surface area contributed by atoms with Crippen molar-refractivity contribution in [2.75, 3.05) is 26.6 Å². The number of rotatable bonds is 7. The number of fused-ring (bicyclic) bond motifs is 3. The van der Waals surface area contributed by atoms with Gasteiger partial charge in [-0.25, -0.2) is 4.79 Å². The lowest BCUT2D eigenvalue weighted by atomic mass is 9.56. The van der Waals surface area contributed by atoms with E-state index in [1.165, 1.54) is 5.57 Å². The Bertz CT molecular complexity index is 837. The predicted octanol–water partition coefficient (Wildman–Crippen LogP) is 5.24. The molecular formula is C25H35NO5. The normalized spacial score (nSPS) is 31.2. The van der Waals surface area contributed by atoms with E-state index in [2.05, 4.69) is 45.2 Å². The number of hydrogen-bond donors (Lipinski definition) is 1. The van der Waals surface area contributed by atoms with E-state index in [1.807, 2.05) is 12.1 Å². The van der Waals surface area contributed by atoms with Crippen LogP contribution in [-0.2, 0) is 9.47 Å². The Morgan fingerprint density at radius 2 is 2.03 bits per heavy atom. The molecule has 31 heavy (non-hydrogen) atoms. The minimum absolute atomic E-state index is 0.0516. The zero-order valence-electron chi connectivity index (χ0n) is 19.1. The minimum Gasteiger partial charge on any atom is -0.454 e. The van der Waals surface area contributed by atoms with E-state index in [9.17, 15) is 4.79 Å². The Hall–Kier alpha value is -2.21. The number of carbonyl (C=O) groups excluding carboxylic acids is 1. The zero-order chi connectivity index (χ0) is 22.0. The van der Waals surface area contributed by atoms with E-state index in [-0.39, 0.29) is 36.2 Å². The fourth-order valence-electron chi connectivity index (χ4n) is 5.47. The van der Waals surface area contributed by atoms with Crippen LogP contribution < -0.4 is 14.8 Å². The van der Waals surface area contributed by atoms with Gasteiger partial charge in [0.05, 0.1) is 12.7 Å². The van der Waals surface area contributed by atoms with Crippen LogP contribution >= 0.6 is 0 Å². The summed E-state index contributed by atoms with van der Waals surface area (Å²) < 4.78 is 23.3. The fraction of sp³-hybridized carbons (Fsp3) is 0.640. The van der Waals surface area contributed by atoms with Gasteiger partial charge in [0.1, 0.15) is 6.61 Å². The molecule has 0 spiro atoms. The molecule has 3 aliphatic rings. The Kier molecular flexibility index (Phi) is 6.47. The number of carbonyl (C=O) groups is 1. The maximum Gasteiger partial charge on any atom is 0.407 e. The number of allylic oxidation sites excluding steroid dienone is 1. The number of hydrogen-bond acceptors (Lipinski definition) is 5. The van der Waals surface area contributed by atoms with Gasteiger partial charge in [-0.3, -0.25) is 0 Å². The van der Waals surface area contributed by atoms with E-state index in [4.69, 9.17) is 18.9 Å². The van der Waals surface area contributed by atoms with Crippen LogP contribution in [0, 0.1) is 23.2 Å². The van der Waals surface area contributed by atoms with Crippen molar-refractivity contribution in [3.05, 3.63) is 35.4 Å². The maximum absolute atomic E-state index is 12.3. The standard InChI is InChI=1S/C25H35NO5/c1-5-6-7-10-26-24(27)29-14-25-13-28-23(22(18(25)4)16(2)11-17(25)3)19-8-9-20-21(12-19)31-15-30-20/h8-9,11-12,17-18,22-23H,5-7,10,13-15H2,1-4H3,(H,26,27)/t17-,18+,22+,23-,25+/m0/s1. The summed E-state index contributed by atoms with van der Waals surface area (Å²) in [5, 5.41) is 2.88. The molecule has 1 aliphatic carbocycles. The highest BCUT2D eigenvalue weighted by Crippen LogP contribution is 2.56. The summed E-state index contributed by atoms with van der Waals surface area (Å²) in [6.07, 6.45) is 5.18. The second kappa shape index (κ2) is 9.11. The molecule has 1 aromatic rings. The lowest BCUT2D eigenvalue weighted by molar-refractivity contribution is -0.165. The topological polar surface area (TPSA) is 66.0 Å². The summed E-state index contributed by atoms with van der Waals surface area (Å²) in [6.45, 7) is 10.7. The first-order chi connectivity index (χ1) is 15.0. The molecule has 6 nitrogen and oxygen atoms in total. The van der Waals surface area contributed by atoms with Crippen molar-refractivity contribution in [1.82, 2.24) is 5.32 Å². The molecule has 0 radical (unpaired) electrons. The van der Waals surface area contributed by atoms with Crippen molar-refractivity contribution in [3.8, 4) is 11.5 Å². The number of nitrogens with one attached hydrogen (secondary N) is 1. The third-order valence-electron chi connectivity index (χ3n) is 7.50. The number of ether oxygens (including phenoxy) is 4. The highest BCUT2D eigenvalue weighted by molar-refractivity contribution is 5.67. The van der Waals surface area contributed by atoms with Crippen molar-refractivity contribution in [2.45, 2.75) is 53.1 Å². The molecule has 2 heterocycles. The van der Waals surface area contributed by atoms with Crippen LogP contribution in [0.25, 0.3) is 0 Å². The smallest absolute Gasteiger partial charge is 0.407 e. The van der Waals surface area contributed by atoms with Crippen LogP contribution in [0.5, 0.6) is 11.5 Å². The first-order valence-corrected chi connectivity index (χ1v) is 11.6. The summed E-state index contributed by atoms with van der Waals surface area (Å²) in [5.41, 5.74) is 2.21. The van der Waals surface area contributed by atoms with E-state index in [0.29, 0.717) is 25.7 Å². The van der Waals surface area contributed by atoms with Gasteiger partial charge in [0, 0.05) is 17.9 Å². The van der Waals surface area contributed by atoms with Crippen molar-refractivity contribution in [2.24, 2.45) is 23.2 Å². The fourth-order valence-corrected chi connectivity index (χ4v) is 5.47. The summed E-state index contributed by atoms with van der Waals surface area (Å²) in [6, 6.07) is 6.08. The zero-order valence-corrected chi connectivity index (χ0v) is 19.1. The predicted molar refractivity (Wildman–Crippen MR) is 118 cm³/mol. The van der Waals surface area contributed by atoms with Crippen molar-refractivity contribution >= 4 is 6.09 Å². The Balaban J connectivity index is 1.48. The van der Waals surface area contributed by atoms with Crippen LogP contribution in [0.1, 0.15) is 58.6 Å². The highest BCUT2D eigenvalue weighted by Gasteiger charge is 2.54. The van der Waals surface area contributed by atoms with Crippen LogP contribution in [0.2, 0.25) is 0 Å². The van der Waals surface area contributed by atoms with Gasteiger partial charge in [-0.05, 0) is 42.9 Å². The van der Waals surface area contributed by atoms with E-state index < -0.39 is 0 Å². The molecule has 5 atom stereocenters. The second-order valence-corrected chi connectivity index (χ2v) is 9.30. The molecule has 0 aromatic heterocycles. The molecule has 6 heteroatoms. The average molecular weight is 430 g/mol. The Morgan fingerprint density at radius 1 is 1.23 bits per heavy atom. The van der Waals surface area contributed by atoms with Gasteiger partial charge in [0.15, 0.2) is 11.5 Å².